The van der Waals surface area contributed by atoms with E-state index in [2.05, 4.69) is 20.5 Å². The third-order valence-corrected chi connectivity index (χ3v) is 5.85. The molecule has 0 fully saturated rings. The summed E-state index contributed by atoms with van der Waals surface area (Å²) in [6, 6.07) is 7.23. The Labute approximate surface area is 169 Å². The van der Waals surface area contributed by atoms with Gasteiger partial charge in [0, 0.05) is 5.38 Å². The van der Waals surface area contributed by atoms with Gasteiger partial charge < -0.3 is 9.73 Å². The highest BCUT2D eigenvalue weighted by Crippen LogP contribution is 2.32. The lowest BCUT2D eigenvalue weighted by Crippen LogP contribution is -2.45. The maximum absolute atomic E-state index is 12.9. The third-order valence-electron chi connectivity index (χ3n) is 4.11. The zero-order valence-corrected chi connectivity index (χ0v) is 16.8. The number of aryl methyl sites for hydroxylation is 1. The van der Waals surface area contributed by atoms with Crippen molar-refractivity contribution < 1.29 is 14.0 Å². The van der Waals surface area contributed by atoms with Gasteiger partial charge in [0.25, 0.3) is 5.22 Å². The van der Waals surface area contributed by atoms with E-state index in [1.165, 1.54) is 16.7 Å². The Bertz CT molecular complexity index is 1030. The fourth-order valence-corrected chi connectivity index (χ4v) is 4.23. The first-order chi connectivity index (χ1) is 13.5. The summed E-state index contributed by atoms with van der Waals surface area (Å²) in [6.07, 6.45) is 0.458. The number of hydrogen-bond acceptors (Lipinski definition) is 8. The molecule has 2 amide bonds. The highest BCUT2D eigenvalue weighted by Gasteiger charge is 2.30. The van der Waals surface area contributed by atoms with Crippen molar-refractivity contribution in [2.45, 2.75) is 30.7 Å². The lowest BCUT2D eigenvalue weighted by Gasteiger charge is -2.30. The fourth-order valence-electron chi connectivity index (χ4n) is 2.85. The molecular weight excluding hydrogens is 398 g/mol. The van der Waals surface area contributed by atoms with E-state index in [0.29, 0.717) is 28.9 Å². The number of amides is 2. The molecule has 1 aliphatic rings. The molecule has 1 atom stereocenters. The number of fused-ring (bicyclic) bond motifs is 1. The summed E-state index contributed by atoms with van der Waals surface area (Å²) in [5.74, 6) is 0.0419. The van der Waals surface area contributed by atoms with Crippen molar-refractivity contribution in [3.8, 4) is 0 Å². The molecule has 2 aromatic heterocycles. The number of aromatic nitrogens is 3. The van der Waals surface area contributed by atoms with E-state index in [4.69, 9.17) is 4.42 Å². The third kappa shape index (κ3) is 3.92. The van der Waals surface area contributed by atoms with Gasteiger partial charge in [-0.2, -0.15) is 0 Å². The van der Waals surface area contributed by atoms with Crippen molar-refractivity contribution in [3.05, 3.63) is 46.2 Å². The van der Waals surface area contributed by atoms with Gasteiger partial charge in [-0.05, 0) is 26.0 Å². The molecule has 10 heteroatoms. The number of hydrogen-bond donors (Lipinski definition) is 1. The fraction of sp³-hybridized carbons (Fsp3) is 0.278. The number of carbonyl (C=O) groups is 2. The predicted octanol–water partition coefficient (Wildman–Crippen LogP) is 2.89. The Kier molecular flexibility index (Phi) is 5.14. The van der Waals surface area contributed by atoms with Crippen molar-refractivity contribution in [3.63, 3.8) is 0 Å². The van der Waals surface area contributed by atoms with Gasteiger partial charge in [-0.25, -0.2) is 4.98 Å². The average molecular weight is 416 g/mol. The zero-order valence-electron chi connectivity index (χ0n) is 15.2. The van der Waals surface area contributed by atoms with Crippen LogP contribution in [0.25, 0.3) is 0 Å². The Morgan fingerprint density at radius 3 is 3.00 bits per heavy atom. The number of anilines is 2. The highest BCUT2D eigenvalue weighted by atomic mass is 32.2. The Balaban J connectivity index is 1.45. The average Bonchev–Trinajstić information content (AvgIpc) is 3.29. The van der Waals surface area contributed by atoms with Crippen LogP contribution in [0.1, 0.15) is 23.5 Å². The van der Waals surface area contributed by atoms with Crippen molar-refractivity contribution in [2.24, 2.45) is 0 Å². The maximum Gasteiger partial charge on any atom is 0.277 e. The molecule has 1 aliphatic heterocycles. The number of benzene rings is 1. The van der Waals surface area contributed by atoms with Crippen LogP contribution in [-0.2, 0) is 16.0 Å². The van der Waals surface area contributed by atoms with Crippen LogP contribution < -0.4 is 10.2 Å². The van der Waals surface area contributed by atoms with Gasteiger partial charge in [0.05, 0.1) is 33.7 Å². The van der Waals surface area contributed by atoms with Gasteiger partial charge >= 0.3 is 0 Å². The number of nitrogens with zero attached hydrogens (tertiary/aromatic N) is 4. The quantitative estimate of drug-likeness (QED) is 0.639. The van der Waals surface area contributed by atoms with Crippen molar-refractivity contribution >= 4 is 46.3 Å². The molecule has 0 saturated carbocycles. The molecule has 3 heterocycles. The molecule has 0 radical (unpaired) electrons. The molecule has 1 aromatic carbocycles. The second-order valence-electron chi connectivity index (χ2n) is 6.25. The van der Waals surface area contributed by atoms with Crippen LogP contribution >= 0.6 is 23.1 Å². The Hall–Kier alpha value is -2.72. The normalized spacial score (nSPS) is 14.5. The van der Waals surface area contributed by atoms with Gasteiger partial charge in [0.1, 0.15) is 6.54 Å². The van der Waals surface area contributed by atoms with E-state index in [-0.39, 0.29) is 18.4 Å². The van der Waals surface area contributed by atoms with Crippen LogP contribution in [0.3, 0.4) is 0 Å². The van der Waals surface area contributed by atoms with Gasteiger partial charge in [-0.1, -0.05) is 23.9 Å². The molecule has 3 aromatic rings. The largest absolute Gasteiger partial charge is 0.416 e. The second-order valence-corrected chi connectivity index (χ2v) is 8.60. The number of thiazole rings is 1. The number of para-hydroxylation sites is 2. The number of carbonyl (C=O) groups excluding carboxylic acids is 2. The van der Waals surface area contributed by atoms with Crippen LogP contribution in [0.4, 0.5) is 11.4 Å². The molecule has 0 bridgehead atoms. The van der Waals surface area contributed by atoms with Gasteiger partial charge in [-0.15, -0.1) is 21.5 Å². The van der Waals surface area contributed by atoms with Crippen LogP contribution in [0.2, 0.25) is 0 Å². The molecule has 0 aliphatic carbocycles. The predicted molar refractivity (Wildman–Crippen MR) is 107 cm³/mol. The molecule has 1 unspecified atom stereocenters. The summed E-state index contributed by atoms with van der Waals surface area (Å²) in [4.78, 5) is 30.7. The number of nitrogens with one attached hydrogen (secondary N) is 1. The van der Waals surface area contributed by atoms with Crippen LogP contribution in [-0.4, -0.2) is 38.8 Å². The van der Waals surface area contributed by atoms with Gasteiger partial charge in [-0.3, -0.25) is 14.5 Å². The summed E-state index contributed by atoms with van der Waals surface area (Å²) < 4.78 is 5.65. The first-order valence-electron chi connectivity index (χ1n) is 8.60. The minimum atomic E-state index is -0.492. The second kappa shape index (κ2) is 7.72. The SMILES string of the molecule is Cc1nc(Cc2nnc(SC(C)C(=O)N3CC(=O)Nc4ccccc43)o2)cs1. The number of rotatable bonds is 5. The standard InChI is InChI=1S/C18H17N5O3S2/c1-10(17(25)23-8-15(24)20-13-5-3-4-6-14(13)23)28-18-22-21-16(26-18)7-12-9-27-11(2)19-12/h3-6,9-10H,7-8H2,1-2H3,(H,20,24). The minimum Gasteiger partial charge on any atom is -0.416 e. The summed E-state index contributed by atoms with van der Waals surface area (Å²) in [5, 5.41) is 13.6. The van der Waals surface area contributed by atoms with Crippen LogP contribution in [0, 0.1) is 6.92 Å². The summed E-state index contributed by atoms with van der Waals surface area (Å²) in [7, 11) is 0. The monoisotopic (exact) mass is 415 g/mol. The van der Waals surface area contributed by atoms with E-state index in [1.54, 1.807) is 24.3 Å². The molecule has 28 heavy (non-hydrogen) atoms. The summed E-state index contributed by atoms with van der Waals surface area (Å²) in [6.45, 7) is 3.68. The van der Waals surface area contributed by atoms with E-state index >= 15 is 0 Å². The van der Waals surface area contributed by atoms with Crippen molar-refractivity contribution in [2.75, 3.05) is 16.8 Å². The van der Waals surface area contributed by atoms with E-state index in [1.807, 2.05) is 30.5 Å². The molecule has 0 saturated heterocycles. The lowest BCUT2D eigenvalue weighted by molar-refractivity contribution is -0.121. The van der Waals surface area contributed by atoms with Crippen LogP contribution in [0.15, 0.2) is 39.3 Å². The first kappa shape index (κ1) is 18.6. The lowest BCUT2D eigenvalue weighted by atomic mass is 10.2. The van der Waals surface area contributed by atoms with Gasteiger partial charge in [0.15, 0.2) is 0 Å². The topological polar surface area (TPSA) is 101 Å². The van der Waals surface area contributed by atoms with Gasteiger partial charge in [0.2, 0.25) is 17.7 Å². The summed E-state index contributed by atoms with van der Waals surface area (Å²) in [5.41, 5.74) is 2.19. The zero-order chi connectivity index (χ0) is 19.7. The Morgan fingerprint density at radius 2 is 2.21 bits per heavy atom. The highest BCUT2D eigenvalue weighted by molar-refractivity contribution is 8.00. The minimum absolute atomic E-state index is 0.0149. The first-order valence-corrected chi connectivity index (χ1v) is 10.4. The Morgan fingerprint density at radius 1 is 1.39 bits per heavy atom. The molecule has 1 N–H and O–H groups in total. The number of thioether (sulfide) groups is 1. The summed E-state index contributed by atoms with van der Waals surface area (Å²) >= 11 is 2.74. The van der Waals surface area contributed by atoms with Crippen molar-refractivity contribution in [1.29, 1.82) is 0 Å². The maximum atomic E-state index is 12.9. The van der Waals surface area contributed by atoms with E-state index < -0.39 is 5.25 Å². The van der Waals surface area contributed by atoms with E-state index in [0.717, 1.165) is 10.7 Å². The smallest absolute Gasteiger partial charge is 0.277 e. The van der Waals surface area contributed by atoms with Crippen LogP contribution in [0.5, 0.6) is 0 Å². The molecule has 144 valence electrons. The van der Waals surface area contributed by atoms with E-state index in [9.17, 15) is 9.59 Å². The molecule has 4 rings (SSSR count). The molecule has 8 nitrogen and oxygen atoms in total. The van der Waals surface area contributed by atoms with Crippen molar-refractivity contribution in [1.82, 2.24) is 15.2 Å². The molecular formula is C18H17N5O3S2. The molecule has 0 spiro atoms.